The molecular formula is C15H10N2O6. The second kappa shape index (κ2) is 6.56. The highest BCUT2D eigenvalue weighted by Crippen LogP contribution is 2.18. The first-order valence-electron chi connectivity index (χ1n) is 6.44. The third-order valence-electron chi connectivity index (χ3n) is 3.08. The first-order chi connectivity index (χ1) is 10.9. The van der Waals surface area contributed by atoms with Crippen LogP contribution < -0.4 is 0 Å². The number of hydrogen-bond acceptors (Lipinski definition) is 6. The van der Waals surface area contributed by atoms with Crippen molar-refractivity contribution in [1.29, 1.82) is 0 Å². The molecule has 2 aromatic rings. The molecule has 0 N–H and O–H groups in total. The Bertz CT molecular complexity index is 748. The van der Waals surface area contributed by atoms with E-state index in [4.69, 9.17) is 0 Å². The van der Waals surface area contributed by atoms with E-state index in [0.717, 1.165) is 12.1 Å². The lowest BCUT2D eigenvalue weighted by atomic mass is 10.0. The standard InChI is InChI=1S/C15H10N2O6/c18-14(10-3-1-5-12(7-10)16(20)21)9-15(19)11-4-2-6-13(8-11)17(22)23/h1-8H,9H2. The highest BCUT2D eigenvalue weighted by molar-refractivity contribution is 6.13. The SMILES string of the molecule is O=C(CC(=O)c1cccc([N+](=O)[O-])c1)c1cccc([N+](=O)[O-])c1. The number of nitrogens with zero attached hydrogens (tertiary/aromatic N) is 2. The van der Waals surface area contributed by atoms with Crippen molar-refractivity contribution in [2.45, 2.75) is 6.42 Å². The maximum absolute atomic E-state index is 12.0. The Morgan fingerprint density at radius 2 is 1.17 bits per heavy atom. The van der Waals surface area contributed by atoms with E-state index >= 15 is 0 Å². The van der Waals surface area contributed by atoms with E-state index in [2.05, 4.69) is 0 Å². The van der Waals surface area contributed by atoms with Crippen LogP contribution in [0.1, 0.15) is 27.1 Å². The predicted molar refractivity (Wildman–Crippen MR) is 79.5 cm³/mol. The second-order valence-corrected chi connectivity index (χ2v) is 4.64. The topological polar surface area (TPSA) is 120 Å². The molecule has 2 rings (SSSR count). The third-order valence-corrected chi connectivity index (χ3v) is 3.08. The second-order valence-electron chi connectivity index (χ2n) is 4.64. The quantitative estimate of drug-likeness (QED) is 0.350. The smallest absolute Gasteiger partial charge is 0.270 e. The van der Waals surface area contributed by atoms with Crippen molar-refractivity contribution in [2.75, 3.05) is 0 Å². The molecular weight excluding hydrogens is 304 g/mol. The van der Waals surface area contributed by atoms with Crippen LogP contribution in [-0.4, -0.2) is 21.4 Å². The van der Waals surface area contributed by atoms with Gasteiger partial charge in [-0.3, -0.25) is 29.8 Å². The lowest BCUT2D eigenvalue weighted by Gasteiger charge is -2.02. The average molecular weight is 314 g/mol. The van der Waals surface area contributed by atoms with E-state index in [1.165, 1.54) is 36.4 Å². The molecule has 0 unspecified atom stereocenters. The summed E-state index contributed by atoms with van der Waals surface area (Å²) in [5.74, 6) is -1.18. The fourth-order valence-electron chi connectivity index (χ4n) is 1.94. The lowest BCUT2D eigenvalue weighted by molar-refractivity contribution is -0.385. The van der Waals surface area contributed by atoms with E-state index in [0.29, 0.717) is 0 Å². The predicted octanol–water partition coefficient (Wildman–Crippen LogP) is 2.96. The molecule has 0 bridgehead atoms. The number of non-ortho nitro benzene ring substituents is 2. The van der Waals surface area contributed by atoms with Crippen molar-refractivity contribution in [3.05, 3.63) is 79.9 Å². The van der Waals surface area contributed by atoms with E-state index in [1.807, 2.05) is 0 Å². The van der Waals surface area contributed by atoms with Gasteiger partial charge in [-0.05, 0) is 0 Å². The fraction of sp³-hybridized carbons (Fsp3) is 0.0667. The normalized spacial score (nSPS) is 10.1. The Kier molecular flexibility index (Phi) is 4.55. The Morgan fingerprint density at radius 1 is 0.783 bits per heavy atom. The first kappa shape index (κ1) is 16.0. The molecule has 0 aliphatic carbocycles. The number of benzene rings is 2. The van der Waals surface area contributed by atoms with Crippen LogP contribution in [0.15, 0.2) is 48.5 Å². The van der Waals surface area contributed by atoms with Crippen LogP contribution in [0.4, 0.5) is 11.4 Å². The number of nitro groups is 2. The number of carbonyl (C=O) groups is 2. The van der Waals surface area contributed by atoms with Crippen LogP contribution in [0.5, 0.6) is 0 Å². The van der Waals surface area contributed by atoms with Gasteiger partial charge in [-0.25, -0.2) is 0 Å². The summed E-state index contributed by atoms with van der Waals surface area (Å²) in [5.41, 5.74) is -0.423. The molecule has 116 valence electrons. The van der Waals surface area contributed by atoms with Crippen LogP contribution in [0, 0.1) is 20.2 Å². The molecule has 0 spiro atoms. The van der Waals surface area contributed by atoms with Crippen molar-refractivity contribution in [2.24, 2.45) is 0 Å². The van der Waals surface area contributed by atoms with E-state index < -0.39 is 27.8 Å². The number of Topliss-reactive ketones (excluding diaryl/α,β-unsaturated/α-hetero) is 2. The molecule has 0 atom stereocenters. The summed E-state index contributed by atoms with van der Waals surface area (Å²) in [4.78, 5) is 44.2. The summed E-state index contributed by atoms with van der Waals surface area (Å²) in [7, 11) is 0. The summed E-state index contributed by atoms with van der Waals surface area (Å²) in [5, 5.41) is 21.4. The Labute approximate surface area is 129 Å². The molecule has 0 aliphatic heterocycles. The highest BCUT2D eigenvalue weighted by atomic mass is 16.6. The Balaban J connectivity index is 2.18. The van der Waals surface area contributed by atoms with Crippen LogP contribution in [0.25, 0.3) is 0 Å². The van der Waals surface area contributed by atoms with Gasteiger partial charge in [-0.1, -0.05) is 24.3 Å². The van der Waals surface area contributed by atoms with Gasteiger partial charge in [0.15, 0.2) is 11.6 Å². The summed E-state index contributed by atoms with van der Waals surface area (Å²) in [6.45, 7) is 0. The molecule has 0 aliphatic rings. The zero-order valence-corrected chi connectivity index (χ0v) is 11.7. The van der Waals surface area contributed by atoms with E-state index in [1.54, 1.807) is 0 Å². The van der Waals surface area contributed by atoms with Gasteiger partial charge >= 0.3 is 0 Å². The monoisotopic (exact) mass is 314 g/mol. The van der Waals surface area contributed by atoms with Crippen molar-refractivity contribution in [3.63, 3.8) is 0 Å². The van der Waals surface area contributed by atoms with Crippen molar-refractivity contribution in [1.82, 2.24) is 0 Å². The number of carbonyl (C=O) groups excluding carboxylic acids is 2. The van der Waals surface area contributed by atoms with Gasteiger partial charge < -0.3 is 0 Å². The Hall–Kier alpha value is -3.42. The molecule has 8 heteroatoms. The molecule has 8 nitrogen and oxygen atoms in total. The summed E-state index contributed by atoms with van der Waals surface area (Å²) in [6, 6.07) is 10.1. The largest absolute Gasteiger partial charge is 0.294 e. The summed E-state index contributed by atoms with van der Waals surface area (Å²) < 4.78 is 0. The van der Waals surface area contributed by atoms with Crippen molar-refractivity contribution in [3.8, 4) is 0 Å². The van der Waals surface area contributed by atoms with Gasteiger partial charge in [0, 0.05) is 35.4 Å². The molecule has 0 radical (unpaired) electrons. The zero-order valence-electron chi connectivity index (χ0n) is 11.7. The van der Waals surface area contributed by atoms with Gasteiger partial charge in [-0.2, -0.15) is 0 Å². The number of rotatable bonds is 6. The maximum atomic E-state index is 12.0. The molecule has 0 saturated heterocycles. The molecule has 2 aromatic carbocycles. The van der Waals surface area contributed by atoms with Gasteiger partial charge in [0.25, 0.3) is 11.4 Å². The molecule has 0 saturated carbocycles. The average Bonchev–Trinajstić information content (AvgIpc) is 2.54. The lowest BCUT2D eigenvalue weighted by Crippen LogP contribution is -2.09. The minimum atomic E-state index is -0.640. The van der Waals surface area contributed by atoms with Crippen LogP contribution in [0.3, 0.4) is 0 Å². The highest BCUT2D eigenvalue weighted by Gasteiger charge is 2.17. The molecule has 0 aromatic heterocycles. The van der Waals surface area contributed by atoms with Crippen LogP contribution in [0.2, 0.25) is 0 Å². The van der Waals surface area contributed by atoms with Gasteiger partial charge in [-0.15, -0.1) is 0 Å². The first-order valence-corrected chi connectivity index (χ1v) is 6.44. The number of ketones is 2. The molecule has 23 heavy (non-hydrogen) atoms. The molecule has 0 amide bonds. The number of nitro benzene ring substituents is 2. The third kappa shape index (κ3) is 3.82. The molecule has 0 heterocycles. The zero-order chi connectivity index (χ0) is 17.0. The number of hydrogen-bond donors (Lipinski definition) is 0. The van der Waals surface area contributed by atoms with Gasteiger partial charge in [0.2, 0.25) is 0 Å². The van der Waals surface area contributed by atoms with Gasteiger partial charge in [0.1, 0.15) is 0 Å². The molecule has 0 fully saturated rings. The summed E-state index contributed by atoms with van der Waals surface area (Å²) >= 11 is 0. The van der Waals surface area contributed by atoms with Crippen LogP contribution >= 0.6 is 0 Å². The summed E-state index contributed by atoms with van der Waals surface area (Å²) in [6.07, 6.45) is -0.525. The fourth-order valence-corrected chi connectivity index (χ4v) is 1.94. The van der Waals surface area contributed by atoms with Crippen molar-refractivity contribution >= 4 is 22.9 Å². The maximum Gasteiger partial charge on any atom is 0.270 e. The minimum absolute atomic E-state index is 0.0398. The minimum Gasteiger partial charge on any atom is -0.294 e. The van der Waals surface area contributed by atoms with Gasteiger partial charge in [0.05, 0.1) is 16.3 Å². The van der Waals surface area contributed by atoms with Crippen LogP contribution in [-0.2, 0) is 0 Å². The van der Waals surface area contributed by atoms with E-state index in [-0.39, 0.29) is 22.5 Å². The van der Waals surface area contributed by atoms with E-state index in [9.17, 15) is 29.8 Å². The Morgan fingerprint density at radius 3 is 1.52 bits per heavy atom. The van der Waals surface area contributed by atoms with Crippen molar-refractivity contribution < 1.29 is 19.4 Å².